The van der Waals surface area contributed by atoms with E-state index in [1.807, 2.05) is 0 Å². The molecule has 3 heteroatoms. The standard InChI is InChI=1S/C14H29BrN2/c1-14(2,3)12(10-15)11-17(5)13-6-8-16(4)9-7-13/h12-13H,6-11H2,1-5H3. The molecule has 1 unspecified atom stereocenters. The van der Waals surface area contributed by atoms with Gasteiger partial charge in [0.2, 0.25) is 0 Å². The number of hydrogen-bond acceptors (Lipinski definition) is 2. The number of nitrogens with zero attached hydrogens (tertiary/aromatic N) is 2. The smallest absolute Gasteiger partial charge is 0.0117 e. The highest BCUT2D eigenvalue weighted by Crippen LogP contribution is 2.29. The van der Waals surface area contributed by atoms with Gasteiger partial charge in [-0.05, 0) is 51.4 Å². The first kappa shape index (κ1) is 15.5. The van der Waals surface area contributed by atoms with Gasteiger partial charge in [-0.1, -0.05) is 36.7 Å². The Labute approximate surface area is 116 Å². The van der Waals surface area contributed by atoms with Gasteiger partial charge in [0.1, 0.15) is 0 Å². The molecule has 1 atom stereocenters. The zero-order valence-corrected chi connectivity index (χ0v) is 13.8. The molecule has 0 amide bonds. The van der Waals surface area contributed by atoms with Crippen LogP contribution < -0.4 is 0 Å². The highest BCUT2D eigenvalue weighted by molar-refractivity contribution is 9.09. The molecule has 2 nitrogen and oxygen atoms in total. The second-order valence-electron chi connectivity index (χ2n) is 6.69. The summed E-state index contributed by atoms with van der Waals surface area (Å²) in [5.41, 5.74) is 0.392. The minimum Gasteiger partial charge on any atom is -0.306 e. The number of halogens is 1. The predicted molar refractivity (Wildman–Crippen MR) is 79.9 cm³/mol. The molecule has 1 rings (SSSR count). The third-order valence-corrected chi connectivity index (χ3v) is 5.01. The van der Waals surface area contributed by atoms with Gasteiger partial charge in [0.15, 0.2) is 0 Å². The highest BCUT2D eigenvalue weighted by Gasteiger charge is 2.28. The van der Waals surface area contributed by atoms with Crippen LogP contribution in [-0.2, 0) is 0 Å². The van der Waals surface area contributed by atoms with Crippen LogP contribution in [0.1, 0.15) is 33.6 Å². The highest BCUT2D eigenvalue weighted by atomic mass is 79.9. The van der Waals surface area contributed by atoms with Crippen LogP contribution >= 0.6 is 15.9 Å². The van der Waals surface area contributed by atoms with Gasteiger partial charge < -0.3 is 9.80 Å². The van der Waals surface area contributed by atoms with Crippen LogP contribution in [-0.4, -0.2) is 54.9 Å². The summed E-state index contributed by atoms with van der Waals surface area (Å²) >= 11 is 3.68. The molecule has 0 saturated carbocycles. The Morgan fingerprint density at radius 2 is 1.82 bits per heavy atom. The Morgan fingerprint density at radius 3 is 2.24 bits per heavy atom. The average Bonchev–Trinajstić information content (AvgIpc) is 2.24. The van der Waals surface area contributed by atoms with E-state index < -0.39 is 0 Å². The van der Waals surface area contributed by atoms with Crippen LogP contribution in [0.2, 0.25) is 0 Å². The van der Waals surface area contributed by atoms with Gasteiger partial charge in [-0.2, -0.15) is 0 Å². The molecule has 0 aromatic heterocycles. The number of alkyl halides is 1. The fourth-order valence-corrected chi connectivity index (χ4v) is 3.66. The zero-order chi connectivity index (χ0) is 13.1. The summed E-state index contributed by atoms with van der Waals surface area (Å²) in [6, 6.07) is 0.787. The summed E-state index contributed by atoms with van der Waals surface area (Å²) in [6.45, 7) is 10.8. The van der Waals surface area contributed by atoms with Crippen molar-refractivity contribution >= 4 is 15.9 Å². The van der Waals surface area contributed by atoms with Gasteiger partial charge in [0.25, 0.3) is 0 Å². The number of rotatable bonds is 4. The van der Waals surface area contributed by atoms with E-state index in [1.165, 1.54) is 32.5 Å². The third kappa shape index (κ3) is 4.88. The molecule has 1 aliphatic heterocycles. The molecule has 0 aromatic rings. The normalized spacial score (nSPS) is 22.1. The van der Waals surface area contributed by atoms with Crippen molar-refractivity contribution < 1.29 is 0 Å². The molecule has 1 aliphatic rings. The number of hydrogen-bond donors (Lipinski definition) is 0. The Morgan fingerprint density at radius 1 is 1.29 bits per heavy atom. The van der Waals surface area contributed by atoms with Crippen molar-refractivity contribution in [3.05, 3.63) is 0 Å². The number of likely N-dealkylation sites (tertiary alicyclic amines) is 1. The van der Waals surface area contributed by atoms with Gasteiger partial charge in [0.05, 0.1) is 0 Å². The van der Waals surface area contributed by atoms with Crippen molar-refractivity contribution in [2.75, 3.05) is 39.1 Å². The summed E-state index contributed by atoms with van der Waals surface area (Å²) in [5.74, 6) is 0.729. The minimum atomic E-state index is 0.392. The molecule has 17 heavy (non-hydrogen) atoms. The van der Waals surface area contributed by atoms with Crippen LogP contribution in [0.5, 0.6) is 0 Å². The van der Waals surface area contributed by atoms with E-state index in [1.54, 1.807) is 0 Å². The molecular weight excluding hydrogens is 276 g/mol. The molecular formula is C14H29BrN2. The van der Waals surface area contributed by atoms with Gasteiger partial charge in [-0.3, -0.25) is 0 Å². The first-order valence-electron chi connectivity index (χ1n) is 6.79. The van der Waals surface area contributed by atoms with Gasteiger partial charge >= 0.3 is 0 Å². The van der Waals surface area contributed by atoms with Gasteiger partial charge in [0, 0.05) is 17.9 Å². The Kier molecular flexibility index (Phi) is 5.94. The fourth-order valence-electron chi connectivity index (χ4n) is 2.49. The Bertz CT molecular complexity index is 217. The zero-order valence-electron chi connectivity index (χ0n) is 12.2. The molecule has 102 valence electrons. The molecule has 0 radical (unpaired) electrons. The van der Waals surface area contributed by atoms with Crippen molar-refractivity contribution in [3.63, 3.8) is 0 Å². The first-order valence-corrected chi connectivity index (χ1v) is 7.91. The lowest BCUT2D eigenvalue weighted by Gasteiger charge is -2.39. The lowest BCUT2D eigenvalue weighted by atomic mass is 9.81. The largest absolute Gasteiger partial charge is 0.306 e. The van der Waals surface area contributed by atoms with E-state index in [9.17, 15) is 0 Å². The Hall–Kier alpha value is 0.400. The van der Waals surface area contributed by atoms with Crippen LogP contribution in [0.15, 0.2) is 0 Å². The molecule has 1 heterocycles. The van der Waals surface area contributed by atoms with Crippen molar-refractivity contribution in [3.8, 4) is 0 Å². The topological polar surface area (TPSA) is 6.48 Å². The molecule has 1 saturated heterocycles. The van der Waals surface area contributed by atoms with Crippen molar-refractivity contribution in [1.82, 2.24) is 9.80 Å². The average molecular weight is 305 g/mol. The van der Waals surface area contributed by atoms with Crippen LogP contribution in [0.25, 0.3) is 0 Å². The molecule has 0 bridgehead atoms. The summed E-state index contributed by atoms with van der Waals surface area (Å²) in [6.07, 6.45) is 2.65. The van der Waals surface area contributed by atoms with Crippen LogP contribution in [0.4, 0.5) is 0 Å². The monoisotopic (exact) mass is 304 g/mol. The van der Waals surface area contributed by atoms with Crippen LogP contribution in [0.3, 0.4) is 0 Å². The van der Waals surface area contributed by atoms with Crippen molar-refractivity contribution in [2.24, 2.45) is 11.3 Å². The summed E-state index contributed by atoms with van der Waals surface area (Å²) < 4.78 is 0. The molecule has 0 N–H and O–H groups in total. The van der Waals surface area contributed by atoms with E-state index in [2.05, 4.69) is 60.6 Å². The van der Waals surface area contributed by atoms with Crippen molar-refractivity contribution in [1.29, 1.82) is 0 Å². The maximum Gasteiger partial charge on any atom is 0.0117 e. The van der Waals surface area contributed by atoms with E-state index in [-0.39, 0.29) is 0 Å². The van der Waals surface area contributed by atoms with Crippen molar-refractivity contribution in [2.45, 2.75) is 39.7 Å². The quantitative estimate of drug-likeness (QED) is 0.737. The minimum absolute atomic E-state index is 0.392. The SMILES string of the molecule is CN1CCC(N(C)CC(CBr)C(C)(C)C)CC1. The fraction of sp³-hybridized carbons (Fsp3) is 1.00. The molecule has 0 aliphatic carbocycles. The summed E-state index contributed by atoms with van der Waals surface area (Å²) in [5, 5.41) is 1.10. The van der Waals surface area contributed by atoms with Gasteiger partial charge in [-0.15, -0.1) is 0 Å². The molecule has 0 spiro atoms. The van der Waals surface area contributed by atoms with E-state index in [4.69, 9.17) is 0 Å². The van der Waals surface area contributed by atoms with E-state index >= 15 is 0 Å². The van der Waals surface area contributed by atoms with E-state index in [0.717, 1.165) is 17.3 Å². The second-order valence-corrected chi connectivity index (χ2v) is 7.34. The summed E-state index contributed by atoms with van der Waals surface area (Å²) in [7, 11) is 4.53. The van der Waals surface area contributed by atoms with Gasteiger partial charge in [-0.25, -0.2) is 0 Å². The molecule has 1 fully saturated rings. The second kappa shape index (κ2) is 6.53. The summed E-state index contributed by atoms with van der Waals surface area (Å²) in [4.78, 5) is 5.03. The first-order chi connectivity index (χ1) is 7.84. The Balaban J connectivity index is 2.44. The van der Waals surface area contributed by atoms with E-state index in [0.29, 0.717) is 5.41 Å². The molecule has 0 aromatic carbocycles. The maximum absolute atomic E-state index is 3.68. The maximum atomic E-state index is 3.68. The van der Waals surface area contributed by atoms with Crippen LogP contribution in [0, 0.1) is 11.3 Å². The lowest BCUT2D eigenvalue weighted by molar-refractivity contribution is 0.106. The lowest BCUT2D eigenvalue weighted by Crippen LogP contribution is -2.45. The predicted octanol–water partition coefficient (Wildman–Crippen LogP) is 3.07. The number of piperidine rings is 1. The third-order valence-electron chi connectivity index (χ3n) is 4.23.